The van der Waals surface area contributed by atoms with E-state index in [1.54, 1.807) is 14.2 Å². The van der Waals surface area contributed by atoms with Gasteiger partial charge in [-0.05, 0) is 0 Å². The Bertz CT molecular complexity index is 158. The lowest BCUT2D eigenvalue weighted by atomic mass is 10.6. The summed E-state index contributed by atoms with van der Waals surface area (Å²) < 4.78 is 20.5. The van der Waals surface area contributed by atoms with Crippen molar-refractivity contribution < 1.29 is 18.9 Å². The summed E-state index contributed by atoms with van der Waals surface area (Å²) >= 11 is 17.4. The van der Waals surface area contributed by atoms with Gasteiger partial charge in [-0.15, -0.1) is 33.2 Å². The lowest BCUT2D eigenvalue weighted by Gasteiger charge is -2.20. The van der Waals surface area contributed by atoms with Gasteiger partial charge in [-0.3, -0.25) is 0 Å². The van der Waals surface area contributed by atoms with Crippen LogP contribution in [0.3, 0.4) is 0 Å². The van der Waals surface area contributed by atoms with Crippen LogP contribution in [0.4, 0.5) is 0 Å². The van der Waals surface area contributed by atoms with E-state index >= 15 is 0 Å². The van der Waals surface area contributed by atoms with Crippen molar-refractivity contribution in [2.45, 2.75) is 12.3 Å². The monoisotopic (exact) mass is 310 g/mol. The molecule has 0 amide bonds. The van der Waals surface area contributed by atoms with Crippen molar-refractivity contribution in [1.82, 2.24) is 0 Å². The van der Waals surface area contributed by atoms with Crippen LogP contribution in [0.15, 0.2) is 0 Å². The minimum Gasteiger partial charge on any atom is -0.382 e. The molecule has 0 unspecified atom stereocenters. The van der Waals surface area contributed by atoms with Crippen LogP contribution in [0, 0.1) is 0 Å². The molecule has 0 aliphatic heterocycles. The van der Waals surface area contributed by atoms with Gasteiger partial charge in [0.25, 0.3) is 0 Å². The van der Waals surface area contributed by atoms with E-state index in [0.717, 1.165) is 0 Å². The summed E-state index contributed by atoms with van der Waals surface area (Å²) in [6.45, 7) is 1.77. The lowest BCUT2D eigenvalue weighted by Crippen LogP contribution is -2.28. The average molecular weight is 312 g/mol. The van der Waals surface area contributed by atoms with Crippen LogP contribution in [0.1, 0.15) is 0 Å². The molecule has 0 saturated heterocycles. The van der Waals surface area contributed by atoms with Crippen molar-refractivity contribution >= 4 is 39.2 Å². The summed E-state index contributed by atoms with van der Waals surface area (Å²) in [4.78, 5) is 0. The predicted octanol–water partition coefficient (Wildman–Crippen LogP) is 2.29. The van der Waals surface area contributed by atoms with Crippen molar-refractivity contribution in [2.75, 3.05) is 40.6 Å². The smallest absolute Gasteiger partial charge is 0.346 e. The van der Waals surface area contributed by atoms with Crippen molar-refractivity contribution in [1.29, 1.82) is 0 Å². The first kappa shape index (κ1) is 16.9. The van der Waals surface area contributed by atoms with Crippen LogP contribution < -0.4 is 0 Å². The lowest BCUT2D eigenvalue weighted by molar-refractivity contribution is -0.143. The van der Waals surface area contributed by atoms with E-state index in [1.165, 1.54) is 0 Å². The van der Waals surface area contributed by atoms with E-state index in [-0.39, 0.29) is 0 Å². The standard InChI is InChI=1S/C8H17Cl3O4Si/c1-12-3-5-14-8(7-16(9,10)11)15-6-4-13-2/h8H,3-7H2,1-2H3. The van der Waals surface area contributed by atoms with E-state index in [2.05, 4.69) is 0 Å². The van der Waals surface area contributed by atoms with Crippen LogP contribution in [0.5, 0.6) is 0 Å². The molecule has 0 atom stereocenters. The van der Waals surface area contributed by atoms with E-state index in [9.17, 15) is 0 Å². The molecule has 0 spiro atoms. The summed E-state index contributed by atoms with van der Waals surface area (Å²) in [5.41, 5.74) is 0. The highest BCUT2D eigenvalue weighted by Crippen LogP contribution is 2.28. The normalized spacial score (nSPS) is 12.4. The minimum absolute atomic E-state index is 0.297. The van der Waals surface area contributed by atoms with Crippen molar-refractivity contribution in [2.24, 2.45) is 0 Å². The fraction of sp³-hybridized carbons (Fsp3) is 1.00. The summed E-state index contributed by atoms with van der Waals surface area (Å²) in [7, 11) is 3.18. The maximum Gasteiger partial charge on any atom is 0.346 e. The topological polar surface area (TPSA) is 36.9 Å². The van der Waals surface area contributed by atoms with Crippen LogP contribution >= 0.6 is 33.2 Å². The molecule has 8 heteroatoms. The number of methoxy groups -OCH3 is 2. The van der Waals surface area contributed by atoms with E-state index in [0.29, 0.717) is 32.5 Å². The van der Waals surface area contributed by atoms with Crippen LogP contribution in [0.25, 0.3) is 0 Å². The molecule has 0 N–H and O–H groups in total. The number of hydrogen-bond acceptors (Lipinski definition) is 4. The van der Waals surface area contributed by atoms with Gasteiger partial charge >= 0.3 is 6.00 Å². The zero-order chi connectivity index (χ0) is 12.4. The Labute approximate surface area is 111 Å². The first-order valence-electron chi connectivity index (χ1n) is 4.77. The molecule has 0 aliphatic rings. The molecule has 0 aromatic rings. The largest absolute Gasteiger partial charge is 0.382 e. The van der Waals surface area contributed by atoms with Crippen molar-refractivity contribution in [3.05, 3.63) is 0 Å². The Kier molecular flexibility index (Phi) is 10.5. The first-order valence-corrected chi connectivity index (χ1v) is 10.0. The maximum absolute atomic E-state index is 5.80. The van der Waals surface area contributed by atoms with Gasteiger partial charge in [0.2, 0.25) is 0 Å². The van der Waals surface area contributed by atoms with E-state index in [4.69, 9.17) is 52.2 Å². The van der Waals surface area contributed by atoms with Gasteiger partial charge in [-0.1, -0.05) is 0 Å². The first-order chi connectivity index (χ1) is 7.49. The molecular weight excluding hydrogens is 295 g/mol. The van der Waals surface area contributed by atoms with Crippen molar-refractivity contribution in [3.63, 3.8) is 0 Å². The Morgan fingerprint density at radius 1 is 0.875 bits per heavy atom. The summed E-state index contributed by atoms with van der Waals surface area (Å²) in [6.07, 6.45) is -0.510. The van der Waals surface area contributed by atoms with Gasteiger partial charge < -0.3 is 18.9 Å². The van der Waals surface area contributed by atoms with Gasteiger partial charge in [-0.25, -0.2) is 0 Å². The quantitative estimate of drug-likeness (QED) is 0.268. The number of ether oxygens (including phenoxy) is 4. The summed E-state index contributed by atoms with van der Waals surface area (Å²) in [6, 6.07) is -2.46. The highest BCUT2D eigenvalue weighted by molar-refractivity contribution is 7.64. The SMILES string of the molecule is COCCOC(C[Si](Cl)(Cl)Cl)OCCOC. The summed E-state index contributed by atoms with van der Waals surface area (Å²) in [5, 5.41) is 0. The Morgan fingerprint density at radius 2 is 1.31 bits per heavy atom. The zero-order valence-corrected chi connectivity index (χ0v) is 12.6. The van der Waals surface area contributed by atoms with E-state index in [1.807, 2.05) is 0 Å². The maximum atomic E-state index is 5.80. The van der Waals surface area contributed by atoms with Gasteiger partial charge in [0.15, 0.2) is 6.29 Å². The molecule has 0 heterocycles. The van der Waals surface area contributed by atoms with Gasteiger partial charge in [-0.2, -0.15) is 0 Å². The molecule has 98 valence electrons. The number of hydrogen-bond donors (Lipinski definition) is 0. The van der Waals surface area contributed by atoms with Gasteiger partial charge in [0.05, 0.1) is 26.4 Å². The second kappa shape index (κ2) is 9.91. The molecule has 0 radical (unpaired) electrons. The molecule has 0 aromatic heterocycles. The third-order valence-corrected chi connectivity index (χ3v) is 3.77. The Hall–Kier alpha value is 0.927. The minimum atomic E-state index is -2.76. The third kappa shape index (κ3) is 11.4. The fourth-order valence-electron chi connectivity index (χ4n) is 0.881. The second-order valence-corrected chi connectivity index (χ2v) is 12.2. The molecule has 4 nitrogen and oxygen atoms in total. The van der Waals surface area contributed by atoms with Crippen LogP contribution in [-0.2, 0) is 18.9 Å². The Morgan fingerprint density at radius 3 is 1.62 bits per heavy atom. The molecule has 0 fully saturated rings. The summed E-state index contributed by atoms with van der Waals surface area (Å²) in [5.74, 6) is 0. The Balaban J connectivity index is 3.85. The fourth-order valence-corrected chi connectivity index (χ4v) is 2.63. The number of rotatable bonds is 10. The number of halogens is 3. The molecule has 0 saturated carbocycles. The molecule has 0 bridgehead atoms. The molecule has 0 rings (SSSR count). The van der Waals surface area contributed by atoms with Crippen LogP contribution in [-0.4, -0.2) is 52.9 Å². The molecule has 16 heavy (non-hydrogen) atoms. The second-order valence-electron chi connectivity index (χ2n) is 2.98. The molecule has 0 aromatic carbocycles. The van der Waals surface area contributed by atoms with Crippen molar-refractivity contribution in [3.8, 4) is 0 Å². The molecular formula is C8H17Cl3O4Si. The average Bonchev–Trinajstić information content (AvgIpc) is 2.16. The van der Waals surface area contributed by atoms with Crippen LogP contribution in [0.2, 0.25) is 6.04 Å². The van der Waals surface area contributed by atoms with Gasteiger partial charge in [0, 0.05) is 20.3 Å². The van der Waals surface area contributed by atoms with Gasteiger partial charge in [0.1, 0.15) is 0 Å². The van der Waals surface area contributed by atoms with E-state index < -0.39 is 12.3 Å². The third-order valence-electron chi connectivity index (χ3n) is 1.58. The predicted molar refractivity (Wildman–Crippen MR) is 67.6 cm³/mol. The highest BCUT2D eigenvalue weighted by atomic mass is 35.8. The molecule has 0 aliphatic carbocycles. The zero-order valence-electron chi connectivity index (χ0n) is 9.38. The highest BCUT2D eigenvalue weighted by Gasteiger charge is 2.30.